The molecule has 0 aliphatic carbocycles. The molecule has 1 aliphatic rings. The molecule has 1 saturated heterocycles. The number of hydrogen-bond acceptors (Lipinski definition) is 4. The Kier molecular flexibility index (Phi) is 4.25. The standard InChI is InChI=1S/C13H19N5O3/c1-8-4-10(3)18(16-8)6-9(2)15-11(19)7-17-12(20)5-14-13(17)21/h4,9H,5-7H2,1-3H3,(H,14,21)(H,15,19)/t9-/m1/s1. The minimum atomic E-state index is -0.527. The Balaban J connectivity index is 1.86. The van der Waals surface area contributed by atoms with Gasteiger partial charge < -0.3 is 10.6 Å². The van der Waals surface area contributed by atoms with E-state index in [0.29, 0.717) is 6.54 Å². The van der Waals surface area contributed by atoms with Gasteiger partial charge in [0.05, 0.1) is 18.8 Å². The first kappa shape index (κ1) is 15.0. The van der Waals surface area contributed by atoms with Crippen molar-refractivity contribution >= 4 is 17.8 Å². The Bertz CT molecular complexity index is 564. The number of hydrogen-bond donors (Lipinski definition) is 2. The molecule has 0 spiro atoms. The van der Waals surface area contributed by atoms with E-state index in [-0.39, 0.29) is 30.9 Å². The third-order valence-corrected chi connectivity index (χ3v) is 3.20. The van der Waals surface area contributed by atoms with Crippen molar-refractivity contribution in [1.29, 1.82) is 0 Å². The molecule has 8 heteroatoms. The monoisotopic (exact) mass is 293 g/mol. The average molecular weight is 293 g/mol. The number of imide groups is 1. The van der Waals surface area contributed by atoms with Gasteiger partial charge >= 0.3 is 6.03 Å². The summed E-state index contributed by atoms with van der Waals surface area (Å²) in [6.45, 7) is 5.93. The molecule has 2 heterocycles. The zero-order valence-corrected chi connectivity index (χ0v) is 12.3. The summed E-state index contributed by atoms with van der Waals surface area (Å²) in [7, 11) is 0. The Morgan fingerprint density at radius 2 is 2.19 bits per heavy atom. The van der Waals surface area contributed by atoms with Crippen LogP contribution in [0.25, 0.3) is 0 Å². The number of nitrogens with one attached hydrogen (secondary N) is 2. The van der Waals surface area contributed by atoms with Gasteiger partial charge in [0.15, 0.2) is 0 Å². The van der Waals surface area contributed by atoms with Gasteiger partial charge in [0.1, 0.15) is 6.54 Å². The minimum absolute atomic E-state index is 0.0482. The van der Waals surface area contributed by atoms with E-state index >= 15 is 0 Å². The highest BCUT2D eigenvalue weighted by atomic mass is 16.2. The Hall–Kier alpha value is -2.38. The summed E-state index contributed by atoms with van der Waals surface area (Å²) in [4.78, 5) is 35.5. The fraction of sp³-hybridized carbons (Fsp3) is 0.538. The van der Waals surface area contributed by atoms with Crippen molar-refractivity contribution in [3.8, 4) is 0 Å². The van der Waals surface area contributed by atoms with Gasteiger partial charge in [-0.15, -0.1) is 0 Å². The van der Waals surface area contributed by atoms with E-state index in [1.165, 1.54) is 0 Å². The van der Waals surface area contributed by atoms with Crippen LogP contribution in [-0.2, 0) is 16.1 Å². The summed E-state index contributed by atoms with van der Waals surface area (Å²) < 4.78 is 1.81. The largest absolute Gasteiger partial charge is 0.350 e. The van der Waals surface area contributed by atoms with E-state index < -0.39 is 6.03 Å². The SMILES string of the molecule is Cc1cc(C)n(C[C@@H](C)NC(=O)CN2C(=O)CNC2=O)n1. The van der Waals surface area contributed by atoms with Crippen molar-refractivity contribution in [3.63, 3.8) is 0 Å². The first-order valence-electron chi connectivity index (χ1n) is 6.75. The van der Waals surface area contributed by atoms with Crippen molar-refractivity contribution in [1.82, 2.24) is 25.3 Å². The number of aryl methyl sites for hydroxylation is 2. The van der Waals surface area contributed by atoms with E-state index in [1.807, 2.05) is 31.5 Å². The van der Waals surface area contributed by atoms with Crippen LogP contribution in [0.15, 0.2) is 6.07 Å². The van der Waals surface area contributed by atoms with Crippen LogP contribution in [-0.4, -0.2) is 51.7 Å². The van der Waals surface area contributed by atoms with Crippen molar-refractivity contribution in [3.05, 3.63) is 17.5 Å². The van der Waals surface area contributed by atoms with Crippen LogP contribution in [0.4, 0.5) is 4.79 Å². The number of urea groups is 1. The van der Waals surface area contributed by atoms with Gasteiger partial charge in [-0.1, -0.05) is 0 Å². The van der Waals surface area contributed by atoms with Crippen LogP contribution in [0.5, 0.6) is 0 Å². The summed E-state index contributed by atoms with van der Waals surface area (Å²) >= 11 is 0. The lowest BCUT2D eigenvalue weighted by Crippen LogP contribution is -2.44. The third kappa shape index (κ3) is 3.59. The zero-order chi connectivity index (χ0) is 15.6. The molecule has 1 aromatic heterocycles. The van der Waals surface area contributed by atoms with Crippen molar-refractivity contribution in [2.45, 2.75) is 33.4 Å². The minimum Gasteiger partial charge on any atom is -0.350 e. The topological polar surface area (TPSA) is 96.3 Å². The van der Waals surface area contributed by atoms with Gasteiger partial charge in [0.25, 0.3) is 5.91 Å². The van der Waals surface area contributed by atoms with Gasteiger partial charge in [-0.05, 0) is 26.8 Å². The summed E-state index contributed by atoms with van der Waals surface area (Å²) in [5.74, 6) is -0.754. The predicted molar refractivity (Wildman–Crippen MR) is 74.4 cm³/mol. The van der Waals surface area contributed by atoms with Crippen LogP contribution in [0, 0.1) is 13.8 Å². The van der Waals surface area contributed by atoms with Crippen LogP contribution >= 0.6 is 0 Å². The fourth-order valence-electron chi connectivity index (χ4n) is 2.24. The van der Waals surface area contributed by atoms with E-state index in [0.717, 1.165) is 16.3 Å². The summed E-state index contributed by atoms with van der Waals surface area (Å²) in [5, 5.41) is 9.45. The molecule has 4 amide bonds. The summed E-state index contributed by atoms with van der Waals surface area (Å²) in [5.41, 5.74) is 1.94. The lowest BCUT2D eigenvalue weighted by atomic mass is 10.3. The van der Waals surface area contributed by atoms with Crippen molar-refractivity contribution in [2.24, 2.45) is 0 Å². The summed E-state index contributed by atoms with van der Waals surface area (Å²) in [6.07, 6.45) is 0. The molecule has 0 radical (unpaired) electrons. The maximum absolute atomic E-state index is 11.9. The molecule has 1 aromatic rings. The highest BCUT2D eigenvalue weighted by Crippen LogP contribution is 2.03. The molecule has 0 saturated carbocycles. The first-order valence-corrected chi connectivity index (χ1v) is 6.75. The van der Waals surface area contributed by atoms with E-state index in [9.17, 15) is 14.4 Å². The van der Waals surface area contributed by atoms with E-state index in [2.05, 4.69) is 15.7 Å². The fourth-order valence-corrected chi connectivity index (χ4v) is 2.24. The second-order valence-corrected chi connectivity index (χ2v) is 5.22. The predicted octanol–water partition coefficient (Wildman–Crippen LogP) is -0.444. The molecular weight excluding hydrogens is 274 g/mol. The number of carbonyl (C=O) groups excluding carboxylic acids is 3. The second-order valence-electron chi connectivity index (χ2n) is 5.22. The molecular formula is C13H19N5O3. The number of carbonyl (C=O) groups is 3. The second kappa shape index (κ2) is 5.94. The highest BCUT2D eigenvalue weighted by molar-refractivity contribution is 6.04. The molecule has 1 aliphatic heterocycles. The quantitative estimate of drug-likeness (QED) is 0.719. The zero-order valence-electron chi connectivity index (χ0n) is 12.3. The summed E-state index contributed by atoms with van der Waals surface area (Å²) in [6, 6.07) is 1.28. The molecule has 0 unspecified atom stereocenters. The van der Waals surface area contributed by atoms with E-state index in [4.69, 9.17) is 0 Å². The number of amides is 4. The van der Waals surface area contributed by atoms with Crippen molar-refractivity contribution in [2.75, 3.05) is 13.1 Å². The Labute approximate surface area is 122 Å². The Morgan fingerprint density at radius 3 is 2.71 bits per heavy atom. The maximum Gasteiger partial charge on any atom is 0.325 e. The molecule has 0 aromatic carbocycles. The molecule has 2 rings (SSSR count). The van der Waals surface area contributed by atoms with Crippen LogP contribution in [0.3, 0.4) is 0 Å². The molecule has 0 bridgehead atoms. The van der Waals surface area contributed by atoms with Crippen LogP contribution < -0.4 is 10.6 Å². The van der Waals surface area contributed by atoms with E-state index in [1.54, 1.807) is 0 Å². The van der Waals surface area contributed by atoms with Gasteiger partial charge in [-0.25, -0.2) is 4.79 Å². The smallest absolute Gasteiger partial charge is 0.325 e. The van der Waals surface area contributed by atoms with Crippen molar-refractivity contribution < 1.29 is 14.4 Å². The molecule has 1 atom stereocenters. The van der Waals surface area contributed by atoms with Gasteiger partial charge in [0.2, 0.25) is 5.91 Å². The number of nitrogens with zero attached hydrogens (tertiary/aromatic N) is 3. The Morgan fingerprint density at radius 1 is 1.48 bits per heavy atom. The molecule has 21 heavy (non-hydrogen) atoms. The normalized spacial score (nSPS) is 16.0. The average Bonchev–Trinajstić information content (AvgIpc) is 2.85. The molecule has 1 fully saturated rings. The first-order chi connectivity index (χ1) is 9.86. The number of aromatic nitrogens is 2. The van der Waals surface area contributed by atoms with Crippen LogP contribution in [0.1, 0.15) is 18.3 Å². The maximum atomic E-state index is 11.9. The van der Waals surface area contributed by atoms with Gasteiger partial charge in [-0.2, -0.15) is 5.10 Å². The third-order valence-electron chi connectivity index (χ3n) is 3.20. The highest BCUT2D eigenvalue weighted by Gasteiger charge is 2.30. The molecule has 2 N–H and O–H groups in total. The molecule has 114 valence electrons. The van der Waals surface area contributed by atoms with Gasteiger partial charge in [0, 0.05) is 11.7 Å². The number of rotatable bonds is 5. The lowest BCUT2D eigenvalue weighted by Gasteiger charge is -2.17. The molecule has 8 nitrogen and oxygen atoms in total. The lowest BCUT2D eigenvalue weighted by molar-refractivity contribution is -0.130. The van der Waals surface area contributed by atoms with Gasteiger partial charge in [-0.3, -0.25) is 19.2 Å². The van der Waals surface area contributed by atoms with Crippen LogP contribution in [0.2, 0.25) is 0 Å².